The quantitative estimate of drug-likeness (QED) is 0.881. The van der Waals surface area contributed by atoms with Crippen LogP contribution in [0.5, 0.6) is 17.5 Å². The van der Waals surface area contributed by atoms with Crippen molar-refractivity contribution in [2.45, 2.75) is 0 Å². The lowest BCUT2D eigenvalue weighted by Gasteiger charge is -2.05. The first-order valence-electron chi connectivity index (χ1n) is 4.79. The van der Waals surface area contributed by atoms with Crippen LogP contribution >= 0.6 is 0 Å². The van der Waals surface area contributed by atoms with Gasteiger partial charge in [-0.15, -0.1) is 0 Å². The Hall–Kier alpha value is -2.37. The van der Waals surface area contributed by atoms with Gasteiger partial charge in [-0.25, -0.2) is 9.37 Å². The number of rotatable bonds is 3. The minimum absolute atomic E-state index is 0.00549. The molecule has 2 aromatic rings. The molecule has 0 spiro atoms. The highest BCUT2D eigenvalue weighted by atomic mass is 19.1. The minimum Gasteiger partial charge on any atom is -0.497 e. The molecule has 0 aliphatic heterocycles. The molecule has 0 aliphatic rings. The number of anilines is 1. The number of hydrogen-bond donors (Lipinski definition) is 1. The van der Waals surface area contributed by atoms with E-state index in [-0.39, 0.29) is 11.8 Å². The maximum Gasteiger partial charge on any atom is 0.324 e. The third-order valence-corrected chi connectivity index (χ3v) is 2.02. The second-order valence-corrected chi connectivity index (χ2v) is 3.16. The van der Waals surface area contributed by atoms with E-state index in [4.69, 9.17) is 15.2 Å². The van der Waals surface area contributed by atoms with Gasteiger partial charge in [0.15, 0.2) is 11.6 Å². The summed E-state index contributed by atoms with van der Waals surface area (Å²) in [6.07, 6.45) is 0.960. The van der Waals surface area contributed by atoms with Crippen molar-refractivity contribution in [1.82, 2.24) is 9.97 Å². The van der Waals surface area contributed by atoms with Crippen molar-refractivity contribution >= 4 is 5.82 Å². The molecule has 0 unspecified atom stereocenters. The Labute approximate surface area is 97.0 Å². The molecule has 0 radical (unpaired) electrons. The van der Waals surface area contributed by atoms with Crippen molar-refractivity contribution < 1.29 is 13.9 Å². The Morgan fingerprint density at radius 2 is 1.82 bits per heavy atom. The third kappa shape index (κ3) is 2.60. The van der Waals surface area contributed by atoms with Crippen LogP contribution in [0.25, 0.3) is 0 Å². The van der Waals surface area contributed by atoms with E-state index >= 15 is 0 Å². The standard InChI is InChI=1S/C11H10FN3O2/c1-16-7-2-4-8(5-3-7)17-11-14-6-9(12)10(13)15-11/h2-6H,1H3,(H2,13,14,15). The first-order valence-corrected chi connectivity index (χ1v) is 4.79. The molecule has 88 valence electrons. The minimum atomic E-state index is -0.674. The highest BCUT2D eigenvalue weighted by Gasteiger charge is 2.05. The fraction of sp³-hybridized carbons (Fsp3) is 0.0909. The highest BCUT2D eigenvalue weighted by molar-refractivity contribution is 5.34. The second kappa shape index (κ2) is 4.65. The van der Waals surface area contributed by atoms with E-state index in [2.05, 4.69) is 9.97 Å². The number of ether oxygens (including phenoxy) is 2. The summed E-state index contributed by atoms with van der Waals surface area (Å²) in [4.78, 5) is 7.31. The molecule has 0 bridgehead atoms. The van der Waals surface area contributed by atoms with Gasteiger partial charge in [-0.05, 0) is 24.3 Å². The SMILES string of the molecule is COc1ccc(Oc2ncc(F)c(N)n2)cc1. The number of methoxy groups -OCH3 is 1. The summed E-state index contributed by atoms with van der Waals surface area (Å²) in [5.41, 5.74) is 5.29. The Kier molecular flexibility index (Phi) is 3.04. The van der Waals surface area contributed by atoms with E-state index in [9.17, 15) is 4.39 Å². The fourth-order valence-electron chi connectivity index (χ4n) is 1.16. The Morgan fingerprint density at radius 3 is 2.41 bits per heavy atom. The van der Waals surface area contributed by atoms with Crippen molar-refractivity contribution in [3.63, 3.8) is 0 Å². The average molecular weight is 235 g/mol. The lowest BCUT2D eigenvalue weighted by atomic mass is 10.3. The lowest BCUT2D eigenvalue weighted by molar-refractivity contribution is 0.410. The van der Waals surface area contributed by atoms with Crippen LogP contribution < -0.4 is 15.2 Å². The molecule has 2 N–H and O–H groups in total. The van der Waals surface area contributed by atoms with E-state index in [0.29, 0.717) is 11.5 Å². The first-order chi connectivity index (χ1) is 8.19. The van der Waals surface area contributed by atoms with Crippen molar-refractivity contribution in [3.8, 4) is 17.5 Å². The lowest BCUT2D eigenvalue weighted by Crippen LogP contribution is -1.99. The maximum absolute atomic E-state index is 12.8. The zero-order valence-electron chi connectivity index (χ0n) is 9.05. The molecule has 0 atom stereocenters. The molecule has 2 rings (SSSR count). The zero-order chi connectivity index (χ0) is 12.3. The van der Waals surface area contributed by atoms with Gasteiger partial charge in [0.05, 0.1) is 13.3 Å². The van der Waals surface area contributed by atoms with E-state index in [1.807, 2.05) is 0 Å². The molecule has 0 amide bonds. The van der Waals surface area contributed by atoms with E-state index in [1.165, 1.54) is 0 Å². The van der Waals surface area contributed by atoms with Gasteiger partial charge >= 0.3 is 6.01 Å². The molecule has 6 heteroatoms. The molecule has 0 saturated carbocycles. The second-order valence-electron chi connectivity index (χ2n) is 3.16. The topological polar surface area (TPSA) is 70.3 Å². The van der Waals surface area contributed by atoms with Gasteiger partial charge in [-0.1, -0.05) is 0 Å². The predicted molar refractivity (Wildman–Crippen MR) is 59.5 cm³/mol. The average Bonchev–Trinajstić information content (AvgIpc) is 2.35. The summed E-state index contributed by atoms with van der Waals surface area (Å²) in [5.74, 6) is 0.296. The van der Waals surface area contributed by atoms with Crippen LogP contribution in [-0.2, 0) is 0 Å². The number of nitrogens with zero attached hydrogens (tertiary/aromatic N) is 2. The van der Waals surface area contributed by atoms with Gasteiger partial charge < -0.3 is 15.2 Å². The number of halogens is 1. The van der Waals surface area contributed by atoms with E-state index in [0.717, 1.165) is 6.20 Å². The zero-order valence-corrected chi connectivity index (χ0v) is 9.05. The molecule has 0 aliphatic carbocycles. The number of nitrogens with two attached hydrogens (primary N) is 1. The van der Waals surface area contributed by atoms with Crippen LogP contribution in [-0.4, -0.2) is 17.1 Å². The molecular formula is C11H10FN3O2. The Bertz CT molecular complexity index is 517. The van der Waals surface area contributed by atoms with Gasteiger partial charge in [-0.3, -0.25) is 0 Å². The van der Waals surface area contributed by atoms with Gasteiger partial charge in [0.1, 0.15) is 11.5 Å². The van der Waals surface area contributed by atoms with Gasteiger partial charge in [0.2, 0.25) is 0 Å². The monoisotopic (exact) mass is 235 g/mol. The summed E-state index contributed by atoms with van der Waals surface area (Å²) >= 11 is 0. The molecule has 0 saturated heterocycles. The van der Waals surface area contributed by atoms with Crippen molar-refractivity contribution in [1.29, 1.82) is 0 Å². The smallest absolute Gasteiger partial charge is 0.324 e. The highest BCUT2D eigenvalue weighted by Crippen LogP contribution is 2.21. The largest absolute Gasteiger partial charge is 0.497 e. The predicted octanol–water partition coefficient (Wildman–Crippen LogP) is 2.00. The van der Waals surface area contributed by atoms with Crippen LogP contribution in [0.3, 0.4) is 0 Å². The molecule has 1 heterocycles. The molecule has 5 nitrogen and oxygen atoms in total. The number of hydrogen-bond acceptors (Lipinski definition) is 5. The van der Waals surface area contributed by atoms with Crippen LogP contribution in [0.15, 0.2) is 30.5 Å². The summed E-state index contributed by atoms with van der Waals surface area (Å²) in [7, 11) is 1.57. The molecule has 0 fully saturated rings. The van der Waals surface area contributed by atoms with Crippen LogP contribution in [0.1, 0.15) is 0 Å². The van der Waals surface area contributed by atoms with Gasteiger partial charge in [-0.2, -0.15) is 4.98 Å². The fourth-order valence-corrected chi connectivity index (χ4v) is 1.16. The number of benzene rings is 1. The number of nitrogen functional groups attached to an aromatic ring is 1. The Balaban J connectivity index is 2.16. The van der Waals surface area contributed by atoms with E-state index < -0.39 is 5.82 Å². The normalized spacial score (nSPS) is 10.0. The maximum atomic E-state index is 12.8. The van der Waals surface area contributed by atoms with Crippen LogP contribution in [0, 0.1) is 5.82 Å². The molecule has 1 aromatic heterocycles. The Morgan fingerprint density at radius 1 is 1.18 bits per heavy atom. The van der Waals surface area contributed by atoms with Gasteiger partial charge in [0, 0.05) is 0 Å². The van der Waals surface area contributed by atoms with Crippen molar-refractivity contribution in [2.75, 3.05) is 12.8 Å². The molecule has 1 aromatic carbocycles. The summed E-state index contributed by atoms with van der Waals surface area (Å²) < 4.78 is 23.1. The summed E-state index contributed by atoms with van der Waals surface area (Å²) in [5, 5.41) is 0. The molecular weight excluding hydrogens is 225 g/mol. The van der Waals surface area contributed by atoms with Gasteiger partial charge in [0.25, 0.3) is 0 Å². The first kappa shape index (κ1) is 11.1. The van der Waals surface area contributed by atoms with Crippen molar-refractivity contribution in [2.24, 2.45) is 0 Å². The number of aromatic nitrogens is 2. The van der Waals surface area contributed by atoms with Crippen LogP contribution in [0.2, 0.25) is 0 Å². The summed E-state index contributed by atoms with van der Waals surface area (Å²) in [6, 6.07) is 6.81. The summed E-state index contributed by atoms with van der Waals surface area (Å²) in [6.45, 7) is 0. The van der Waals surface area contributed by atoms with Crippen molar-refractivity contribution in [3.05, 3.63) is 36.3 Å². The van der Waals surface area contributed by atoms with Crippen LogP contribution in [0.4, 0.5) is 10.2 Å². The van der Waals surface area contributed by atoms with E-state index in [1.54, 1.807) is 31.4 Å². The molecule has 17 heavy (non-hydrogen) atoms. The third-order valence-electron chi connectivity index (χ3n) is 2.02.